The molecule has 1 aromatic carbocycles. The van der Waals surface area contributed by atoms with E-state index in [4.69, 9.17) is 4.74 Å². The molecule has 0 saturated heterocycles. The van der Waals surface area contributed by atoms with Gasteiger partial charge in [0.1, 0.15) is 12.4 Å². The first-order valence-electron chi connectivity index (χ1n) is 8.02. The SMILES string of the molecule is CC1C(=O)C=C(OCc2ccccc2)C=C1c1ccc(C(F)(F)F)cn1. The minimum absolute atomic E-state index is 0.174. The van der Waals surface area contributed by atoms with Gasteiger partial charge in [-0.2, -0.15) is 13.2 Å². The Morgan fingerprint density at radius 3 is 2.42 bits per heavy atom. The van der Waals surface area contributed by atoms with Crippen molar-refractivity contribution in [3.63, 3.8) is 0 Å². The minimum atomic E-state index is -4.45. The van der Waals surface area contributed by atoms with Crippen molar-refractivity contribution in [3.05, 3.63) is 83.4 Å². The lowest BCUT2D eigenvalue weighted by atomic mass is 9.89. The lowest BCUT2D eigenvalue weighted by Gasteiger charge is -2.20. The Balaban J connectivity index is 1.82. The fourth-order valence-electron chi connectivity index (χ4n) is 2.59. The van der Waals surface area contributed by atoms with Crippen LogP contribution in [-0.2, 0) is 22.3 Å². The highest BCUT2D eigenvalue weighted by Crippen LogP contribution is 2.32. The van der Waals surface area contributed by atoms with Gasteiger partial charge in [-0.05, 0) is 29.3 Å². The zero-order chi connectivity index (χ0) is 18.7. The number of nitrogens with zero attached hydrogens (tertiary/aromatic N) is 1. The fraction of sp³-hybridized carbons (Fsp3) is 0.200. The van der Waals surface area contributed by atoms with Gasteiger partial charge in [-0.25, -0.2) is 0 Å². The summed E-state index contributed by atoms with van der Waals surface area (Å²) < 4.78 is 43.7. The smallest absolute Gasteiger partial charge is 0.417 e. The number of hydrogen-bond acceptors (Lipinski definition) is 3. The molecular weight excluding hydrogens is 343 g/mol. The molecule has 1 aliphatic rings. The van der Waals surface area contributed by atoms with Crippen molar-refractivity contribution in [3.8, 4) is 0 Å². The number of carbonyl (C=O) groups excluding carboxylic acids is 1. The van der Waals surface area contributed by atoms with Gasteiger partial charge in [0.15, 0.2) is 5.78 Å². The van der Waals surface area contributed by atoms with Crippen molar-refractivity contribution in [1.82, 2.24) is 4.98 Å². The Bertz CT molecular complexity index is 853. The Morgan fingerprint density at radius 2 is 1.81 bits per heavy atom. The highest BCUT2D eigenvalue weighted by atomic mass is 19.4. The highest BCUT2D eigenvalue weighted by molar-refractivity contribution is 6.02. The van der Waals surface area contributed by atoms with E-state index in [1.165, 1.54) is 12.1 Å². The number of ether oxygens (including phenoxy) is 1. The molecule has 0 aliphatic heterocycles. The number of hydrogen-bond donors (Lipinski definition) is 0. The summed E-state index contributed by atoms with van der Waals surface area (Å²) in [5, 5.41) is 0. The van der Waals surface area contributed by atoms with Gasteiger partial charge in [-0.15, -0.1) is 0 Å². The predicted molar refractivity (Wildman–Crippen MR) is 90.7 cm³/mol. The Morgan fingerprint density at radius 1 is 1.08 bits per heavy atom. The summed E-state index contributed by atoms with van der Waals surface area (Å²) in [6.07, 6.45) is -0.611. The average molecular weight is 359 g/mol. The second kappa shape index (κ2) is 7.15. The number of ketones is 1. The zero-order valence-electron chi connectivity index (χ0n) is 14.0. The number of allylic oxidation sites excluding steroid dienone is 3. The Kier molecular flexibility index (Phi) is 4.93. The van der Waals surface area contributed by atoms with Gasteiger partial charge in [0.25, 0.3) is 0 Å². The van der Waals surface area contributed by atoms with Crippen LogP contribution in [0.1, 0.15) is 23.7 Å². The third-order valence-electron chi connectivity index (χ3n) is 4.11. The molecule has 1 aromatic heterocycles. The number of alkyl halides is 3. The van der Waals surface area contributed by atoms with Gasteiger partial charge in [0.2, 0.25) is 0 Å². The van der Waals surface area contributed by atoms with Crippen LogP contribution in [0.5, 0.6) is 0 Å². The molecule has 6 heteroatoms. The van der Waals surface area contributed by atoms with Crippen LogP contribution in [0, 0.1) is 5.92 Å². The third kappa shape index (κ3) is 4.02. The molecule has 1 aliphatic carbocycles. The topological polar surface area (TPSA) is 39.2 Å². The van der Waals surface area contributed by atoms with Gasteiger partial charge in [0.05, 0.1) is 11.3 Å². The van der Waals surface area contributed by atoms with Gasteiger partial charge in [0, 0.05) is 18.2 Å². The largest absolute Gasteiger partial charge is 0.489 e. The first kappa shape index (κ1) is 17.9. The summed E-state index contributed by atoms with van der Waals surface area (Å²) in [5.41, 5.74) is 0.983. The molecule has 3 nitrogen and oxygen atoms in total. The van der Waals surface area contributed by atoms with Crippen LogP contribution >= 0.6 is 0 Å². The van der Waals surface area contributed by atoms with Crippen LogP contribution in [0.25, 0.3) is 5.57 Å². The molecule has 0 bridgehead atoms. The van der Waals surface area contributed by atoms with E-state index in [-0.39, 0.29) is 5.78 Å². The number of benzene rings is 1. The molecule has 0 radical (unpaired) electrons. The second-order valence-electron chi connectivity index (χ2n) is 5.97. The molecule has 1 heterocycles. The predicted octanol–water partition coefficient (Wildman–Crippen LogP) is 4.80. The van der Waals surface area contributed by atoms with Crippen LogP contribution in [0.4, 0.5) is 13.2 Å². The molecule has 2 aromatic rings. The summed E-state index contributed by atoms with van der Waals surface area (Å²) in [6, 6.07) is 11.7. The maximum atomic E-state index is 12.7. The molecular formula is C20H16F3NO2. The normalized spacial score (nSPS) is 17.5. The Labute approximate surface area is 148 Å². The number of pyridine rings is 1. The molecule has 26 heavy (non-hydrogen) atoms. The second-order valence-corrected chi connectivity index (χ2v) is 5.97. The number of halogens is 3. The standard InChI is InChI=1S/C20H16F3NO2/c1-13-17(18-8-7-15(11-24-18)20(21,22)23)9-16(10-19(13)25)26-12-14-5-3-2-4-6-14/h2-11,13H,12H2,1H3. The minimum Gasteiger partial charge on any atom is -0.489 e. The van der Waals surface area contributed by atoms with Crippen LogP contribution < -0.4 is 0 Å². The fourth-order valence-corrected chi connectivity index (χ4v) is 2.59. The number of carbonyl (C=O) groups is 1. The summed E-state index contributed by atoms with van der Waals surface area (Å²) >= 11 is 0. The van der Waals surface area contributed by atoms with Crippen LogP contribution in [-0.4, -0.2) is 10.8 Å². The maximum absolute atomic E-state index is 12.7. The third-order valence-corrected chi connectivity index (χ3v) is 4.11. The summed E-state index contributed by atoms with van der Waals surface area (Å²) in [7, 11) is 0. The van der Waals surface area contributed by atoms with E-state index in [9.17, 15) is 18.0 Å². The molecule has 3 rings (SSSR count). The summed E-state index contributed by atoms with van der Waals surface area (Å²) in [6.45, 7) is 1.98. The molecule has 0 fully saturated rings. The number of rotatable bonds is 4. The number of aromatic nitrogens is 1. The molecule has 0 saturated carbocycles. The molecule has 0 spiro atoms. The van der Waals surface area contributed by atoms with Gasteiger partial charge in [-0.1, -0.05) is 37.3 Å². The molecule has 134 valence electrons. The van der Waals surface area contributed by atoms with E-state index < -0.39 is 17.7 Å². The van der Waals surface area contributed by atoms with E-state index >= 15 is 0 Å². The first-order chi connectivity index (χ1) is 12.3. The summed E-state index contributed by atoms with van der Waals surface area (Å²) in [5.74, 6) is -0.302. The maximum Gasteiger partial charge on any atom is 0.417 e. The zero-order valence-corrected chi connectivity index (χ0v) is 14.0. The van der Waals surface area contributed by atoms with Crippen LogP contribution in [0.2, 0.25) is 0 Å². The monoisotopic (exact) mass is 359 g/mol. The van der Waals surface area contributed by atoms with E-state index in [0.29, 0.717) is 23.6 Å². The van der Waals surface area contributed by atoms with E-state index in [1.54, 1.807) is 13.0 Å². The Hall–Kier alpha value is -2.89. The van der Waals surface area contributed by atoms with E-state index in [2.05, 4.69) is 4.98 Å². The van der Waals surface area contributed by atoms with Crippen molar-refractivity contribution in [2.24, 2.45) is 5.92 Å². The van der Waals surface area contributed by atoms with Crippen molar-refractivity contribution in [2.45, 2.75) is 19.7 Å². The molecule has 0 amide bonds. The van der Waals surface area contributed by atoms with E-state index in [0.717, 1.165) is 17.8 Å². The first-order valence-corrected chi connectivity index (χ1v) is 8.02. The average Bonchev–Trinajstić information content (AvgIpc) is 2.63. The van der Waals surface area contributed by atoms with Crippen molar-refractivity contribution < 1.29 is 22.7 Å². The van der Waals surface area contributed by atoms with Gasteiger partial charge in [-0.3, -0.25) is 9.78 Å². The molecule has 1 unspecified atom stereocenters. The van der Waals surface area contributed by atoms with Crippen LogP contribution in [0.15, 0.2) is 66.6 Å². The van der Waals surface area contributed by atoms with Crippen molar-refractivity contribution in [2.75, 3.05) is 0 Å². The van der Waals surface area contributed by atoms with Crippen molar-refractivity contribution >= 4 is 11.4 Å². The van der Waals surface area contributed by atoms with Gasteiger partial charge >= 0.3 is 6.18 Å². The van der Waals surface area contributed by atoms with Gasteiger partial charge < -0.3 is 4.74 Å². The lowest BCUT2D eigenvalue weighted by molar-refractivity contribution is -0.137. The molecule has 1 atom stereocenters. The van der Waals surface area contributed by atoms with Crippen LogP contribution in [0.3, 0.4) is 0 Å². The lowest BCUT2D eigenvalue weighted by Crippen LogP contribution is -2.17. The van der Waals surface area contributed by atoms with E-state index in [1.807, 2.05) is 30.3 Å². The quantitative estimate of drug-likeness (QED) is 0.787. The highest BCUT2D eigenvalue weighted by Gasteiger charge is 2.31. The summed E-state index contributed by atoms with van der Waals surface area (Å²) in [4.78, 5) is 16.1. The molecule has 0 N–H and O–H groups in total. The van der Waals surface area contributed by atoms with Crippen molar-refractivity contribution in [1.29, 1.82) is 0 Å².